The monoisotopic (exact) mass is 406 g/mol. The number of hydrogen-bond acceptors (Lipinski definition) is 5. The summed E-state index contributed by atoms with van der Waals surface area (Å²) in [7, 11) is -8.60. The first-order chi connectivity index (χ1) is 10.1. The topological polar surface area (TPSA) is 97.7 Å². The van der Waals surface area contributed by atoms with Gasteiger partial charge in [-0.25, -0.2) is 0 Å². The van der Waals surface area contributed by atoms with Crippen molar-refractivity contribution >= 4 is 36.2 Å². The first-order valence-electron chi connectivity index (χ1n) is 5.88. The van der Waals surface area contributed by atoms with Crippen molar-refractivity contribution in [2.75, 3.05) is 0 Å². The number of benzene rings is 2. The molecule has 0 aliphatic rings. The molecule has 0 saturated heterocycles. The Morgan fingerprint density at radius 2 is 1.59 bits per heavy atom. The Bertz CT molecular complexity index is 902. The lowest BCUT2D eigenvalue weighted by Crippen LogP contribution is -2.10. The Balaban J connectivity index is 2.40. The molecule has 118 valence electrons. The number of rotatable bonds is 4. The molecule has 0 atom stereocenters. The van der Waals surface area contributed by atoms with Crippen LogP contribution in [0.25, 0.3) is 0 Å². The summed E-state index contributed by atoms with van der Waals surface area (Å²) in [6.07, 6.45) is 0. The third-order valence-corrected chi connectivity index (χ3v) is 5.81. The van der Waals surface area contributed by atoms with Crippen molar-refractivity contribution in [3.63, 3.8) is 0 Å². The summed E-state index contributed by atoms with van der Waals surface area (Å²) >= 11 is 2.95. The molecule has 0 heterocycles. The van der Waals surface area contributed by atoms with E-state index in [1.165, 1.54) is 24.3 Å². The highest BCUT2D eigenvalue weighted by molar-refractivity contribution is 9.10. The lowest BCUT2D eigenvalue weighted by atomic mass is 10.2. The summed E-state index contributed by atoms with van der Waals surface area (Å²) in [6, 6.07) is 9.45. The van der Waals surface area contributed by atoms with E-state index < -0.39 is 25.1 Å². The van der Waals surface area contributed by atoms with Gasteiger partial charge in [-0.05, 0) is 47.1 Å². The Labute approximate surface area is 136 Å². The molecule has 0 radical (unpaired) electrons. The molecular formula is C13H11BrO6S2. The standard InChI is InChI=1S/C13H11BrO6S2/c1-9-2-5-11(6-3-9)22(18,19)20-10-4-7-12(14)13(8-10)21(15,16)17/h2-8H,1H3,(H,15,16,17). The summed E-state index contributed by atoms with van der Waals surface area (Å²) in [5.41, 5.74) is 0.885. The molecule has 0 saturated carbocycles. The second kappa shape index (κ2) is 5.99. The molecule has 0 unspecified atom stereocenters. The average Bonchev–Trinajstić information content (AvgIpc) is 2.40. The van der Waals surface area contributed by atoms with Gasteiger partial charge in [-0.2, -0.15) is 16.8 Å². The van der Waals surface area contributed by atoms with Crippen molar-refractivity contribution in [2.24, 2.45) is 0 Å². The predicted molar refractivity (Wildman–Crippen MR) is 82.9 cm³/mol. The van der Waals surface area contributed by atoms with Crippen LogP contribution in [0.1, 0.15) is 5.56 Å². The van der Waals surface area contributed by atoms with Crippen LogP contribution in [0.5, 0.6) is 5.75 Å². The van der Waals surface area contributed by atoms with Crippen LogP contribution >= 0.6 is 15.9 Å². The van der Waals surface area contributed by atoms with Crippen molar-refractivity contribution in [3.8, 4) is 5.75 Å². The number of hydrogen-bond donors (Lipinski definition) is 1. The molecule has 0 bridgehead atoms. The first kappa shape index (κ1) is 16.9. The fraction of sp³-hybridized carbons (Fsp3) is 0.0769. The Kier molecular flexibility index (Phi) is 4.62. The van der Waals surface area contributed by atoms with E-state index >= 15 is 0 Å². The van der Waals surface area contributed by atoms with E-state index in [1.807, 2.05) is 6.92 Å². The minimum Gasteiger partial charge on any atom is -0.379 e. The fourth-order valence-corrected chi connectivity index (χ4v) is 3.98. The van der Waals surface area contributed by atoms with Crippen LogP contribution in [0, 0.1) is 6.92 Å². The average molecular weight is 407 g/mol. The Morgan fingerprint density at radius 3 is 2.14 bits per heavy atom. The molecule has 2 aromatic carbocycles. The molecule has 0 spiro atoms. The highest BCUT2D eigenvalue weighted by Gasteiger charge is 2.20. The van der Waals surface area contributed by atoms with E-state index in [0.717, 1.165) is 11.6 Å². The summed E-state index contributed by atoms with van der Waals surface area (Å²) in [5.74, 6) is -0.226. The third kappa shape index (κ3) is 3.86. The second-order valence-corrected chi connectivity index (χ2v) is 8.21. The van der Waals surface area contributed by atoms with Crippen molar-refractivity contribution in [1.29, 1.82) is 0 Å². The maximum Gasteiger partial charge on any atom is 0.339 e. The Hall–Kier alpha value is -1.42. The first-order valence-corrected chi connectivity index (χ1v) is 9.52. The molecule has 0 aromatic heterocycles. The summed E-state index contributed by atoms with van der Waals surface area (Å²) in [4.78, 5) is -0.543. The van der Waals surface area contributed by atoms with E-state index in [2.05, 4.69) is 15.9 Å². The van der Waals surface area contributed by atoms with Crippen molar-refractivity contribution < 1.29 is 25.6 Å². The van der Waals surface area contributed by atoms with Gasteiger partial charge in [-0.15, -0.1) is 0 Å². The van der Waals surface area contributed by atoms with Gasteiger partial charge in [0.25, 0.3) is 10.1 Å². The number of aryl methyl sites for hydroxylation is 1. The summed E-state index contributed by atoms with van der Waals surface area (Å²) in [6.45, 7) is 1.81. The molecular weight excluding hydrogens is 396 g/mol. The van der Waals surface area contributed by atoms with Gasteiger partial charge in [0.1, 0.15) is 15.5 Å². The molecule has 9 heteroatoms. The molecule has 2 aromatic rings. The van der Waals surface area contributed by atoms with Crippen LogP contribution < -0.4 is 4.18 Å². The largest absolute Gasteiger partial charge is 0.379 e. The smallest absolute Gasteiger partial charge is 0.339 e. The Morgan fingerprint density at radius 1 is 1.00 bits per heavy atom. The molecule has 0 aliphatic heterocycles. The van der Waals surface area contributed by atoms with E-state index in [1.54, 1.807) is 12.1 Å². The van der Waals surface area contributed by atoms with Gasteiger partial charge < -0.3 is 4.18 Å². The van der Waals surface area contributed by atoms with E-state index in [-0.39, 0.29) is 15.1 Å². The van der Waals surface area contributed by atoms with E-state index in [4.69, 9.17) is 8.74 Å². The molecule has 0 fully saturated rings. The van der Waals surface area contributed by atoms with Crippen LogP contribution in [0.15, 0.2) is 56.7 Å². The van der Waals surface area contributed by atoms with Gasteiger partial charge >= 0.3 is 10.1 Å². The number of halogens is 1. The SMILES string of the molecule is Cc1ccc(S(=O)(=O)Oc2ccc(Br)c(S(=O)(=O)O)c2)cc1. The van der Waals surface area contributed by atoms with Crippen molar-refractivity contribution in [3.05, 3.63) is 52.5 Å². The molecule has 22 heavy (non-hydrogen) atoms. The zero-order valence-corrected chi connectivity index (χ0v) is 14.4. The summed E-state index contributed by atoms with van der Waals surface area (Å²) in [5, 5.41) is 0. The maximum atomic E-state index is 12.1. The van der Waals surface area contributed by atoms with Crippen LogP contribution in [0.4, 0.5) is 0 Å². The van der Waals surface area contributed by atoms with Gasteiger partial charge in [0.15, 0.2) is 0 Å². The highest BCUT2D eigenvalue weighted by atomic mass is 79.9. The molecule has 1 N–H and O–H groups in total. The van der Waals surface area contributed by atoms with Crippen molar-refractivity contribution in [1.82, 2.24) is 0 Å². The zero-order chi connectivity index (χ0) is 16.5. The fourth-order valence-electron chi connectivity index (χ4n) is 1.61. The van der Waals surface area contributed by atoms with Gasteiger partial charge in [-0.3, -0.25) is 4.55 Å². The molecule has 6 nitrogen and oxygen atoms in total. The van der Waals surface area contributed by atoms with Crippen LogP contribution in [-0.2, 0) is 20.2 Å². The maximum absolute atomic E-state index is 12.1. The van der Waals surface area contributed by atoms with Gasteiger partial charge in [-0.1, -0.05) is 17.7 Å². The quantitative estimate of drug-likeness (QED) is 0.618. The molecule has 0 amide bonds. The lowest BCUT2D eigenvalue weighted by Gasteiger charge is -2.09. The third-order valence-electron chi connectivity index (χ3n) is 2.70. The van der Waals surface area contributed by atoms with Gasteiger partial charge in [0.05, 0.1) is 0 Å². The summed E-state index contributed by atoms with van der Waals surface area (Å²) < 4.78 is 60.7. The minimum absolute atomic E-state index is 0.0607. The van der Waals surface area contributed by atoms with E-state index in [9.17, 15) is 16.8 Å². The minimum atomic E-state index is -4.50. The van der Waals surface area contributed by atoms with Gasteiger partial charge in [0, 0.05) is 10.5 Å². The highest BCUT2D eigenvalue weighted by Crippen LogP contribution is 2.28. The van der Waals surface area contributed by atoms with E-state index in [0.29, 0.717) is 0 Å². The van der Waals surface area contributed by atoms with Crippen LogP contribution in [0.3, 0.4) is 0 Å². The lowest BCUT2D eigenvalue weighted by molar-refractivity contribution is 0.475. The van der Waals surface area contributed by atoms with Gasteiger partial charge in [0.2, 0.25) is 0 Å². The second-order valence-electron chi connectivity index (χ2n) is 4.42. The van der Waals surface area contributed by atoms with Crippen LogP contribution in [0.2, 0.25) is 0 Å². The van der Waals surface area contributed by atoms with Crippen LogP contribution in [-0.4, -0.2) is 21.4 Å². The zero-order valence-electron chi connectivity index (χ0n) is 11.2. The predicted octanol–water partition coefficient (Wildman–Crippen LogP) is 2.77. The molecule has 0 aliphatic carbocycles. The van der Waals surface area contributed by atoms with Crippen molar-refractivity contribution in [2.45, 2.75) is 16.7 Å². The normalized spacial score (nSPS) is 12.1. The molecule has 2 rings (SSSR count).